The molecule has 0 saturated heterocycles. The lowest BCUT2D eigenvalue weighted by atomic mass is 9.96. The van der Waals surface area contributed by atoms with Gasteiger partial charge in [0.25, 0.3) is 11.7 Å². The third kappa shape index (κ3) is 6.29. The third-order valence-electron chi connectivity index (χ3n) is 3.60. The summed E-state index contributed by atoms with van der Waals surface area (Å²) in [5, 5.41) is 45.6. The lowest BCUT2D eigenvalue weighted by Gasteiger charge is -2.36. The Labute approximate surface area is 173 Å². The number of nitrogens with one attached hydrogen (secondary N) is 2. The van der Waals surface area contributed by atoms with E-state index in [1.165, 1.54) is 26.4 Å². The van der Waals surface area contributed by atoms with Crippen molar-refractivity contribution in [1.82, 2.24) is 10.6 Å². The molecule has 0 heterocycles. The van der Waals surface area contributed by atoms with Crippen LogP contribution in [0.4, 0.5) is 0 Å². The molecule has 0 aliphatic rings. The van der Waals surface area contributed by atoms with Crippen molar-refractivity contribution in [2.45, 2.75) is 46.3 Å². The monoisotopic (exact) mass is 466 g/mol. The Morgan fingerprint density at radius 2 is 1.54 bits per heavy atom. The van der Waals surface area contributed by atoms with Gasteiger partial charge in [0.2, 0.25) is 5.91 Å². The number of amides is 1. The number of carbonyl (C=O) groups is 1. The minimum Gasteiger partial charge on any atom is -0.496 e. The van der Waals surface area contributed by atoms with Gasteiger partial charge in [-0.3, -0.25) is 4.79 Å². The minimum atomic E-state index is -3.22. The van der Waals surface area contributed by atoms with Gasteiger partial charge in [-0.15, -0.1) is 0 Å². The zero-order chi connectivity index (χ0) is 22.3. The third-order valence-corrected chi connectivity index (χ3v) is 4.22. The van der Waals surface area contributed by atoms with Crippen LogP contribution in [0.25, 0.3) is 0 Å². The number of hydrogen-bond acceptors (Lipinski definition) is 8. The molecule has 0 atom stereocenters. The first-order valence-electron chi connectivity index (χ1n) is 8.62. The largest absolute Gasteiger partial charge is 0.496 e. The molecular formula is C18H31BrN2O7. The summed E-state index contributed by atoms with van der Waals surface area (Å²) in [5.74, 6) is -6.60. The molecule has 1 rings (SSSR count). The van der Waals surface area contributed by atoms with Crippen molar-refractivity contribution >= 4 is 21.8 Å². The molecule has 0 fully saturated rings. The molecule has 6 N–H and O–H groups in total. The summed E-state index contributed by atoms with van der Waals surface area (Å²) in [7, 11) is 2.64. The molecule has 0 unspecified atom stereocenters. The average molecular weight is 467 g/mol. The van der Waals surface area contributed by atoms with Crippen molar-refractivity contribution < 1.29 is 34.7 Å². The van der Waals surface area contributed by atoms with Gasteiger partial charge in [-0.2, -0.15) is 0 Å². The molecule has 0 radical (unpaired) electrons. The highest BCUT2D eigenvalue weighted by Gasteiger charge is 2.51. The molecule has 0 bridgehead atoms. The first kappa shape index (κ1) is 26.6. The maximum absolute atomic E-state index is 11.8. The first-order chi connectivity index (χ1) is 12.8. The summed E-state index contributed by atoms with van der Waals surface area (Å²) in [6.45, 7) is 8.60. The van der Waals surface area contributed by atoms with E-state index < -0.39 is 23.8 Å². The fraction of sp³-hybridized carbons (Fsp3) is 0.611. The van der Waals surface area contributed by atoms with Crippen molar-refractivity contribution in [1.29, 1.82) is 0 Å². The number of methoxy groups -OCH3 is 2. The van der Waals surface area contributed by atoms with Crippen molar-refractivity contribution in [3.05, 3.63) is 22.2 Å². The average Bonchev–Trinajstić information content (AvgIpc) is 2.61. The van der Waals surface area contributed by atoms with E-state index in [0.29, 0.717) is 4.47 Å². The summed E-state index contributed by atoms with van der Waals surface area (Å²) < 4.78 is 10.6. The Morgan fingerprint density at radius 3 is 1.96 bits per heavy atom. The van der Waals surface area contributed by atoms with Crippen LogP contribution in [-0.4, -0.2) is 53.1 Å². The Hall–Kier alpha value is -1.43. The Kier molecular flexibility index (Phi) is 9.85. The van der Waals surface area contributed by atoms with Gasteiger partial charge in [0.05, 0.1) is 30.9 Å². The molecule has 0 spiro atoms. The van der Waals surface area contributed by atoms with Crippen LogP contribution < -0.4 is 20.1 Å². The van der Waals surface area contributed by atoms with Gasteiger partial charge in [-0.25, -0.2) is 5.32 Å². The smallest absolute Gasteiger partial charge is 0.285 e. The van der Waals surface area contributed by atoms with Gasteiger partial charge in [-0.1, -0.05) is 34.6 Å². The van der Waals surface area contributed by atoms with Crippen molar-refractivity contribution in [3.8, 4) is 11.5 Å². The van der Waals surface area contributed by atoms with Gasteiger partial charge < -0.3 is 35.2 Å². The van der Waals surface area contributed by atoms with E-state index in [-0.39, 0.29) is 23.0 Å². The number of carbonyl (C=O) groups excluding carboxylic acids is 1. The molecule has 0 aliphatic carbocycles. The molecule has 1 aromatic rings. The van der Waals surface area contributed by atoms with E-state index in [4.69, 9.17) is 9.47 Å². The number of rotatable bonds is 7. The van der Waals surface area contributed by atoms with E-state index in [1.54, 1.807) is 20.8 Å². The number of aliphatic hydroxyl groups is 4. The maximum Gasteiger partial charge on any atom is 0.285 e. The van der Waals surface area contributed by atoms with Crippen LogP contribution in [0.3, 0.4) is 0 Å². The molecule has 0 aliphatic heterocycles. The Balaban J connectivity index is 0.00000352. The Bertz CT molecular complexity index is 658. The minimum absolute atomic E-state index is 0.0318. The fourth-order valence-electron chi connectivity index (χ4n) is 1.96. The Morgan fingerprint density at radius 1 is 1.04 bits per heavy atom. The predicted molar refractivity (Wildman–Crippen MR) is 107 cm³/mol. The zero-order valence-electron chi connectivity index (χ0n) is 17.3. The van der Waals surface area contributed by atoms with Crippen molar-refractivity contribution in [2.75, 3.05) is 20.9 Å². The number of halogens is 1. The van der Waals surface area contributed by atoms with Gasteiger partial charge in [0.1, 0.15) is 11.5 Å². The van der Waals surface area contributed by atoms with Crippen LogP contribution in [0.1, 0.15) is 40.2 Å². The maximum atomic E-state index is 11.8. The summed E-state index contributed by atoms with van der Waals surface area (Å²) in [6, 6.07) is 2.56. The standard InChI is InChI=1S/C16H25BrN2O7.C2H6/c1-14(2,3)13(20)18-8-19-16(23,24)15(21,22)9-6-12(26-5)10(17)7-11(9)25-4;1-2/h6-7,19,21-24H,8H2,1-5H3,(H,18,20);1-2H3. The van der Waals surface area contributed by atoms with E-state index in [0.717, 1.165) is 0 Å². The second kappa shape index (κ2) is 10.4. The molecule has 1 amide bonds. The summed E-state index contributed by atoms with van der Waals surface area (Å²) in [6.07, 6.45) is 0. The SMILES string of the molecule is CC.COc1cc(C(O)(O)C(O)(O)NCNC(=O)C(C)(C)C)c(OC)cc1Br. The molecule has 162 valence electrons. The molecule has 28 heavy (non-hydrogen) atoms. The fourth-order valence-corrected chi connectivity index (χ4v) is 2.44. The van der Waals surface area contributed by atoms with Gasteiger partial charge in [0.15, 0.2) is 0 Å². The first-order valence-corrected chi connectivity index (χ1v) is 9.42. The lowest BCUT2D eigenvalue weighted by molar-refractivity contribution is -0.379. The van der Waals surface area contributed by atoms with E-state index >= 15 is 0 Å². The normalized spacial score (nSPS) is 12.0. The van der Waals surface area contributed by atoms with Crippen LogP contribution >= 0.6 is 15.9 Å². The number of hydrogen-bond donors (Lipinski definition) is 6. The highest BCUT2D eigenvalue weighted by atomic mass is 79.9. The topological polar surface area (TPSA) is 141 Å². The predicted octanol–water partition coefficient (Wildman–Crippen LogP) is 0.978. The van der Waals surface area contributed by atoms with E-state index in [1.807, 2.05) is 13.8 Å². The second-order valence-corrected chi connectivity index (χ2v) is 7.50. The van der Waals surface area contributed by atoms with Crippen LogP contribution in [0, 0.1) is 5.41 Å². The highest BCUT2D eigenvalue weighted by molar-refractivity contribution is 9.10. The van der Waals surface area contributed by atoms with Gasteiger partial charge in [0, 0.05) is 5.41 Å². The summed E-state index contributed by atoms with van der Waals surface area (Å²) >= 11 is 3.22. The summed E-state index contributed by atoms with van der Waals surface area (Å²) in [5.41, 5.74) is -1.06. The van der Waals surface area contributed by atoms with Crippen LogP contribution in [-0.2, 0) is 10.6 Å². The number of ether oxygens (including phenoxy) is 2. The van der Waals surface area contributed by atoms with Crippen LogP contribution in [0.2, 0.25) is 0 Å². The molecule has 1 aromatic carbocycles. The van der Waals surface area contributed by atoms with Crippen molar-refractivity contribution in [3.63, 3.8) is 0 Å². The van der Waals surface area contributed by atoms with E-state index in [9.17, 15) is 25.2 Å². The van der Waals surface area contributed by atoms with Gasteiger partial charge in [-0.05, 0) is 28.1 Å². The quantitative estimate of drug-likeness (QED) is 0.326. The molecule has 9 nitrogen and oxygen atoms in total. The lowest BCUT2D eigenvalue weighted by Crippen LogP contribution is -2.63. The zero-order valence-corrected chi connectivity index (χ0v) is 18.8. The van der Waals surface area contributed by atoms with Crippen molar-refractivity contribution in [2.24, 2.45) is 5.41 Å². The number of benzene rings is 1. The molecule has 0 aromatic heterocycles. The van der Waals surface area contributed by atoms with Crippen LogP contribution in [0.5, 0.6) is 11.5 Å². The second-order valence-electron chi connectivity index (χ2n) is 6.64. The molecule has 10 heteroatoms. The van der Waals surface area contributed by atoms with Gasteiger partial charge >= 0.3 is 0 Å². The van der Waals surface area contributed by atoms with E-state index in [2.05, 4.69) is 26.6 Å². The summed E-state index contributed by atoms with van der Waals surface area (Å²) in [4.78, 5) is 11.8. The highest BCUT2D eigenvalue weighted by Crippen LogP contribution is 2.40. The molecular weight excluding hydrogens is 436 g/mol. The molecule has 0 saturated carbocycles. The van der Waals surface area contributed by atoms with Crippen LogP contribution in [0.15, 0.2) is 16.6 Å².